The molecule has 1 unspecified atom stereocenters. The molecule has 1 aromatic carbocycles. The van der Waals surface area contributed by atoms with Gasteiger partial charge in [0, 0.05) is 17.4 Å². The van der Waals surface area contributed by atoms with Crippen molar-refractivity contribution in [2.75, 3.05) is 5.32 Å². The number of aryl methyl sites for hydroxylation is 2. The molecule has 3 rings (SSSR count). The lowest BCUT2D eigenvalue weighted by atomic mass is 10.0. The van der Waals surface area contributed by atoms with Crippen LogP contribution in [0.15, 0.2) is 35.7 Å². The molecule has 2 aromatic rings. The smallest absolute Gasteiger partial charge is 0.226 e. The standard InChI is InChI=1S/C18H20N2OS/c1-12-7-8-15(13(2)9-12)16-11-22-18(19-16)20-17(21)10-14-5-3-4-6-14/h3,5,7-9,11,14H,4,6,10H2,1-2H3,(H,19,20,21). The maximum atomic E-state index is 12.0. The highest BCUT2D eigenvalue weighted by atomic mass is 32.1. The highest BCUT2D eigenvalue weighted by Gasteiger charge is 2.15. The molecule has 114 valence electrons. The van der Waals surface area contributed by atoms with Crippen molar-refractivity contribution in [1.82, 2.24) is 4.98 Å². The van der Waals surface area contributed by atoms with Crippen molar-refractivity contribution >= 4 is 22.4 Å². The van der Waals surface area contributed by atoms with Gasteiger partial charge in [0.2, 0.25) is 5.91 Å². The Morgan fingerprint density at radius 1 is 1.41 bits per heavy atom. The Morgan fingerprint density at radius 3 is 3.00 bits per heavy atom. The molecular formula is C18H20N2OS. The number of allylic oxidation sites excluding steroid dienone is 2. The van der Waals surface area contributed by atoms with Crippen molar-refractivity contribution in [1.29, 1.82) is 0 Å². The minimum absolute atomic E-state index is 0.0538. The normalized spacial score (nSPS) is 16.9. The van der Waals surface area contributed by atoms with Gasteiger partial charge in [0.05, 0.1) is 5.69 Å². The Bertz CT molecular complexity index is 718. The van der Waals surface area contributed by atoms with E-state index in [0.717, 1.165) is 24.1 Å². The summed E-state index contributed by atoms with van der Waals surface area (Å²) in [5.74, 6) is 0.442. The fourth-order valence-corrected chi connectivity index (χ4v) is 3.56. The minimum Gasteiger partial charge on any atom is -0.302 e. The zero-order valence-corrected chi connectivity index (χ0v) is 13.7. The van der Waals surface area contributed by atoms with E-state index in [1.165, 1.54) is 22.5 Å². The monoisotopic (exact) mass is 312 g/mol. The molecule has 0 bridgehead atoms. The summed E-state index contributed by atoms with van der Waals surface area (Å²) in [5, 5.41) is 5.61. The summed E-state index contributed by atoms with van der Waals surface area (Å²) in [6.45, 7) is 4.17. The first kappa shape index (κ1) is 15.0. The van der Waals surface area contributed by atoms with Crippen LogP contribution >= 0.6 is 11.3 Å². The van der Waals surface area contributed by atoms with E-state index in [2.05, 4.69) is 54.5 Å². The quantitative estimate of drug-likeness (QED) is 0.830. The first-order valence-corrected chi connectivity index (χ1v) is 8.49. The van der Waals surface area contributed by atoms with Gasteiger partial charge < -0.3 is 5.32 Å². The summed E-state index contributed by atoms with van der Waals surface area (Å²) in [5.41, 5.74) is 4.51. The summed E-state index contributed by atoms with van der Waals surface area (Å²) in [7, 11) is 0. The van der Waals surface area contributed by atoms with Crippen molar-refractivity contribution in [3.05, 3.63) is 46.9 Å². The van der Waals surface area contributed by atoms with E-state index >= 15 is 0 Å². The van der Waals surface area contributed by atoms with Crippen LogP contribution in [0.25, 0.3) is 11.3 Å². The third kappa shape index (κ3) is 3.45. The van der Waals surface area contributed by atoms with Crippen molar-refractivity contribution in [2.24, 2.45) is 5.92 Å². The number of nitrogens with zero attached hydrogens (tertiary/aromatic N) is 1. The second kappa shape index (κ2) is 6.44. The highest BCUT2D eigenvalue weighted by molar-refractivity contribution is 7.14. The Hall–Kier alpha value is -1.94. The van der Waals surface area contributed by atoms with Crippen LogP contribution in [0.1, 0.15) is 30.4 Å². The van der Waals surface area contributed by atoms with Gasteiger partial charge in [0.25, 0.3) is 0 Å². The lowest BCUT2D eigenvalue weighted by molar-refractivity contribution is -0.116. The number of carbonyl (C=O) groups excluding carboxylic acids is 1. The average molecular weight is 312 g/mol. The number of nitrogens with one attached hydrogen (secondary N) is 1. The zero-order chi connectivity index (χ0) is 15.5. The first-order valence-electron chi connectivity index (χ1n) is 7.61. The molecule has 0 spiro atoms. The van der Waals surface area contributed by atoms with E-state index in [9.17, 15) is 4.79 Å². The molecule has 0 saturated carbocycles. The van der Waals surface area contributed by atoms with Crippen LogP contribution in [0.2, 0.25) is 0 Å². The SMILES string of the molecule is Cc1ccc(-c2csc(NC(=O)CC3C=CCC3)n2)c(C)c1. The zero-order valence-electron chi connectivity index (χ0n) is 12.9. The number of hydrogen-bond donors (Lipinski definition) is 1. The second-order valence-corrected chi connectivity index (χ2v) is 6.73. The Morgan fingerprint density at radius 2 is 2.27 bits per heavy atom. The number of anilines is 1. The Kier molecular flexibility index (Phi) is 4.39. The van der Waals surface area contributed by atoms with Crippen LogP contribution in [0.5, 0.6) is 0 Å². The largest absolute Gasteiger partial charge is 0.302 e. The number of amides is 1. The third-order valence-corrected chi connectivity index (χ3v) is 4.73. The molecule has 0 radical (unpaired) electrons. The van der Waals surface area contributed by atoms with Crippen LogP contribution < -0.4 is 5.32 Å². The molecule has 0 aliphatic heterocycles. The molecule has 1 aliphatic carbocycles. The molecule has 1 heterocycles. The topological polar surface area (TPSA) is 42.0 Å². The van der Waals surface area contributed by atoms with Crippen molar-refractivity contribution in [3.63, 3.8) is 0 Å². The maximum Gasteiger partial charge on any atom is 0.226 e. The van der Waals surface area contributed by atoms with Crippen LogP contribution in [0, 0.1) is 19.8 Å². The number of thiazole rings is 1. The minimum atomic E-state index is 0.0538. The van der Waals surface area contributed by atoms with Gasteiger partial charge in [-0.3, -0.25) is 4.79 Å². The maximum absolute atomic E-state index is 12.0. The molecule has 1 aromatic heterocycles. The van der Waals surface area contributed by atoms with Gasteiger partial charge in [-0.2, -0.15) is 0 Å². The molecule has 3 nitrogen and oxygen atoms in total. The van der Waals surface area contributed by atoms with Crippen LogP contribution in [0.4, 0.5) is 5.13 Å². The van der Waals surface area contributed by atoms with Gasteiger partial charge >= 0.3 is 0 Å². The fraction of sp³-hybridized carbons (Fsp3) is 0.333. The molecule has 0 saturated heterocycles. The summed E-state index contributed by atoms with van der Waals surface area (Å²) < 4.78 is 0. The van der Waals surface area contributed by atoms with Gasteiger partial charge in [-0.15, -0.1) is 11.3 Å². The van der Waals surface area contributed by atoms with Crippen LogP contribution in [-0.2, 0) is 4.79 Å². The summed E-state index contributed by atoms with van der Waals surface area (Å²) in [4.78, 5) is 16.6. The molecule has 22 heavy (non-hydrogen) atoms. The summed E-state index contributed by atoms with van der Waals surface area (Å²) in [6.07, 6.45) is 7.02. The summed E-state index contributed by atoms with van der Waals surface area (Å²) in [6, 6.07) is 6.33. The second-order valence-electron chi connectivity index (χ2n) is 5.87. The average Bonchev–Trinajstić information content (AvgIpc) is 3.10. The van der Waals surface area contributed by atoms with E-state index in [0.29, 0.717) is 17.5 Å². The number of aromatic nitrogens is 1. The van der Waals surface area contributed by atoms with Crippen LogP contribution in [-0.4, -0.2) is 10.9 Å². The van der Waals surface area contributed by atoms with Gasteiger partial charge in [-0.1, -0.05) is 35.9 Å². The number of benzene rings is 1. The molecule has 1 N–H and O–H groups in total. The third-order valence-electron chi connectivity index (χ3n) is 3.97. The lowest BCUT2D eigenvalue weighted by Crippen LogP contribution is -2.14. The predicted molar refractivity (Wildman–Crippen MR) is 92.1 cm³/mol. The lowest BCUT2D eigenvalue weighted by Gasteiger charge is -2.06. The van der Waals surface area contributed by atoms with Crippen molar-refractivity contribution < 1.29 is 4.79 Å². The summed E-state index contributed by atoms with van der Waals surface area (Å²) >= 11 is 1.48. The van der Waals surface area contributed by atoms with E-state index < -0.39 is 0 Å². The molecular weight excluding hydrogens is 292 g/mol. The van der Waals surface area contributed by atoms with Crippen molar-refractivity contribution in [3.8, 4) is 11.3 Å². The first-order chi connectivity index (χ1) is 10.6. The Balaban J connectivity index is 1.68. The van der Waals surface area contributed by atoms with Gasteiger partial charge in [-0.25, -0.2) is 4.98 Å². The molecule has 1 amide bonds. The molecule has 0 fully saturated rings. The van der Waals surface area contributed by atoms with E-state index in [4.69, 9.17) is 0 Å². The van der Waals surface area contributed by atoms with E-state index in [-0.39, 0.29) is 5.91 Å². The van der Waals surface area contributed by atoms with Crippen LogP contribution in [0.3, 0.4) is 0 Å². The van der Waals surface area contributed by atoms with Gasteiger partial charge in [0.1, 0.15) is 0 Å². The fourth-order valence-electron chi connectivity index (χ4n) is 2.83. The van der Waals surface area contributed by atoms with Crippen molar-refractivity contribution in [2.45, 2.75) is 33.1 Å². The van der Waals surface area contributed by atoms with E-state index in [1.807, 2.05) is 5.38 Å². The number of rotatable bonds is 4. The van der Waals surface area contributed by atoms with E-state index in [1.54, 1.807) is 0 Å². The van der Waals surface area contributed by atoms with Gasteiger partial charge in [0.15, 0.2) is 5.13 Å². The molecule has 1 atom stereocenters. The number of hydrogen-bond acceptors (Lipinski definition) is 3. The number of carbonyl (C=O) groups is 1. The molecule has 1 aliphatic rings. The Labute approximate surface area is 135 Å². The van der Waals surface area contributed by atoms with Gasteiger partial charge in [-0.05, 0) is 38.2 Å². The predicted octanol–water partition coefficient (Wildman–Crippen LogP) is 4.72. The molecule has 4 heteroatoms. The highest BCUT2D eigenvalue weighted by Crippen LogP contribution is 2.28.